The van der Waals surface area contributed by atoms with Gasteiger partial charge in [0.1, 0.15) is 5.54 Å². The van der Waals surface area contributed by atoms with Crippen molar-refractivity contribution in [1.29, 1.82) is 0 Å². The number of nitrogens with one attached hydrogen (secondary N) is 1. The third-order valence-electron chi connectivity index (χ3n) is 3.41. The van der Waals surface area contributed by atoms with E-state index >= 15 is 0 Å². The van der Waals surface area contributed by atoms with Crippen LogP contribution in [0.2, 0.25) is 0 Å². The molecule has 0 aromatic carbocycles. The Morgan fingerprint density at radius 1 is 1.13 bits per heavy atom. The zero-order chi connectivity index (χ0) is 10.7. The van der Waals surface area contributed by atoms with E-state index in [4.69, 9.17) is 10.5 Å². The molecule has 2 fully saturated rings. The summed E-state index contributed by atoms with van der Waals surface area (Å²) in [5, 5.41) is 0. The summed E-state index contributed by atoms with van der Waals surface area (Å²) < 4.78 is 5.22. The van der Waals surface area contributed by atoms with E-state index in [0.29, 0.717) is 26.3 Å². The van der Waals surface area contributed by atoms with Crippen LogP contribution in [0.3, 0.4) is 0 Å². The molecule has 2 aliphatic rings. The summed E-state index contributed by atoms with van der Waals surface area (Å²) in [7, 11) is 0. The zero-order valence-corrected chi connectivity index (χ0v) is 9.13. The molecule has 1 amide bonds. The standard InChI is InChI=1S/C11H19N2O2/c12-11(4-2-1-3-5-11)10(14)13-6-8-15-9-7-13/h12H,1-9H2. The molecule has 0 spiro atoms. The minimum Gasteiger partial charge on any atom is -0.378 e. The van der Waals surface area contributed by atoms with Gasteiger partial charge in [0.05, 0.1) is 13.2 Å². The first-order valence-electron chi connectivity index (χ1n) is 5.84. The molecular weight excluding hydrogens is 192 g/mol. The topological polar surface area (TPSA) is 53.3 Å². The first kappa shape index (κ1) is 10.9. The number of carbonyl (C=O) groups excluding carboxylic acids is 1. The molecule has 1 saturated carbocycles. The van der Waals surface area contributed by atoms with Crippen LogP contribution < -0.4 is 5.73 Å². The smallest absolute Gasteiger partial charge is 0.244 e. The summed E-state index contributed by atoms with van der Waals surface area (Å²) >= 11 is 0. The SMILES string of the molecule is [NH]C1(C(=O)N2CCOCC2)CCCCC1. The lowest BCUT2D eigenvalue weighted by Crippen LogP contribution is -2.54. The summed E-state index contributed by atoms with van der Waals surface area (Å²) in [6, 6.07) is 0. The molecule has 85 valence electrons. The lowest BCUT2D eigenvalue weighted by Gasteiger charge is -2.37. The maximum absolute atomic E-state index is 12.2. The molecule has 15 heavy (non-hydrogen) atoms. The molecule has 0 aromatic rings. The molecule has 1 N–H and O–H groups in total. The van der Waals surface area contributed by atoms with E-state index in [1.165, 1.54) is 6.42 Å². The quantitative estimate of drug-likeness (QED) is 0.645. The predicted molar refractivity (Wildman–Crippen MR) is 56.3 cm³/mol. The van der Waals surface area contributed by atoms with E-state index in [9.17, 15) is 4.79 Å². The monoisotopic (exact) mass is 211 g/mol. The molecule has 0 atom stereocenters. The van der Waals surface area contributed by atoms with E-state index in [1.807, 2.05) is 4.90 Å². The fourth-order valence-corrected chi connectivity index (χ4v) is 2.44. The van der Waals surface area contributed by atoms with Gasteiger partial charge in [-0.25, -0.2) is 5.73 Å². The van der Waals surface area contributed by atoms with E-state index in [1.54, 1.807) is 0 Å². The number of morpholine rings is 1. The maximum atomic E-state index is 12.2. The Bertz CT molecular complexity index is 231. The van der Waals surface area contributed by atoms with Gasteiger partial charge in [0.25, 0.3) is 0 Å². The van der Waals surface area contributed by atoms with Gasteiger partial charge in [-0.3, -0.25) is 4.79 Å². The number of amides is 1. The molecule has 0 aromatic heterocycles. The van der Waals surface area contributed by atoms with Crippen LogP contribution in [0.15, 0.2) is 0 Å². The van der Waals surface area contributed by atoms with Gasteiger partial charge in [0.15, 0.2) is 0 Å². The van der Waals surface area contributed by atoms with Gasteiger partial charge in [-0.05, 0) is 12.8 Å². The van der Waals surface area contributed by atoms with E-state index in [-0.39, 0.29) is 5.91 Å². The fraction of sp³-hybridized carbons (Fsp3) is 0.909. The highest BCUT2D eigenvalue weighted by Crippen LogP contribution is 2.29. The first-order valence-corrected chi connectivity index (χ1v) is 5.84. The van der Waals surface area contributed by atoms with Crippen LogP contribution >= 0.6 is 0 Å². The molecule has 4 heteroatoms. The molecular formula is C11H19N2O2. The Balaban J connectivity index is 1.98. The molecule has 2 rings (SSSR count). The van der Waals surface area contributed by atoms with Crippen LogP contribution in [0.1, 0.15) is 32.1 Å². The summed E-state index contributed by atoms with van der Waals surface area (Å²) in [6.07, 6.45) is 4.71. The molecule has 1 heterocycles. The van der Waals surface area contributed by atoms with Gasteiger partial charge < -0.3 is 9.64 Å². The number of carbonyl (C=O) groups is 1. The van der Waals surface area contributed by atoms with Crippen LogP contribution in [-0.2, 0) is 9.53 Å². The Hall–Kier alpha value is -0.610. The summed E-state index contributed by atoms with van der Waals surface area (Å²) in [5.41, 5.74) is 7.41. The molecule has 1 aliphatic carbocycles. The number of hydrogen-bond donors (Lipinski definition) is 0. The van der Waals surface area contributed by atoms with Crippen molar-refractivity contribution in [3.63, 3.8) is 0 Å². The van der Waals surface area contributed by atoms with E-state index in [2.05, 4.69) is 0 Å². The van der Waals surface area contributed by atoms with Gasteiger partial charge in [-0.1, -0.05) is 19.3 Å². The lowest BCUT2D eigenvalue weighted by molar-refractivity contribution is -0.142. The van der Waals surface area contributed by atoms with Crippen molar-refractivity contribution in [2.45, 2.75) is 37.6 Å². The third kappa shape index (κ3) is 2.32. The van der Waals surface area contributed by atoms with Gasteiger partial charge >= 0.3 is 0 Å². The third-order valence-corrected chi connectivity index (χ3v) is 3.41. The van der Waals surface area contributed by atoms with Crippen molar-refractivity contribution in [1.82, 2.24) is 10.6 Å². The number of nitrogens with zero attached hydrogens (tertiary/aromatic N) is 1. The Labute approximate surface area is 90.8 Å². The molecule has 4 nitrogen and oxygen atoms in total. The lowest BCUT2D eigenvalue weighted by atomic mass is 9.81. The fourth-order valence-electron chi connectivity index (χ4n) is 2.44. The van der Waals surface area contributed by atoms with Gasteiger partial charge in [-0.15, -0.1) is 0 Å². The maximum Gasteiger partial charge on any atom is 0.244 e. The number of ether oxygens (including phenoxy) is 1. The van der Waals surface area contributed by atoms with Crippen LogP contribution in [0.5, 0.6) is 0 Å². The summed E-state index contributed by atoms with van der Waals surface area (Å²) in [6.45, 7) is 2.59. The van der Waals surface area contributed by atoms with Gasteiger partial charge in [-0.2, -0.15) is 0 Å². The van der Waals surface area contributed by atoms with E-state index in [0.717, 1.165) is 25.7 Å². The highest BCUT2D eigenvalue weighted by molar-refractivity contribution is 5.86. The summed E-state index contributed by atoms with van der Waals surface area (Å²) in [5.74, 6) is 0.0329. The van der Waals surface area contributed by atoms with Crippen LogP contribution in [0.4, 0.5) is 0 Å². The summed E-state index contributed by atoms with van der Waals surface area (Å²) in [4.78, 5) is 14.0. The molecule has 1 aliphatic heterocycles. The second-order valence-electron chi connectivity index (χ2n) is 4.55. The van der Waals surface area contributed by atoms with Crippen molar-refractivity contribution in [3.05, 3.63) is 0 Å². The highest BCUT2D eigenvalue weighted by Gasteiger charge is 2.39. The predicted octanol–water partition coefficient (Wildman–Crippen LogP) is 0.831. The van der Waals surface area contributed by atoms with Crippen molar-refractivity contribution >= 4 is 5.91 Å². The Morgan fingerprint density at radius 3 is 2.33 bits per heavy atom. The highest BCUT2D eigenvalue weighted by atomic mass is 16.5. The van der Waals surface area contributed by atoms with E-state index < -0.39 is 5.54 Å². The Kier molecular flexibility index (Phi) is 3.26. The molecule has 0 unspecified atom stereocenters. The molecule has 0 bridgehead atoms. The number of hydrogen-bond acceptors (Lipinski definition) is 2. The minimum atomic E-state index is -0.824. The van der Waals surface area contributed by atoms with Crippen molar-refractivity contribution < 1.29 is 9.53 Å². The van der Waals surface area contributed by atoms with Gasteiger partial charge in [0, 0.05) is 13.1 Å². The van der Waals surface area contributed by atoms with Crippen molar-refractivity contribution in [2.75, 3.05) is 26.3 Å². The second-order valence-corrected chi connectivity index (χ2v) is 4.55. The molecule has 1 radical (unpaired) electrons. The average molecular weight is 211 g/mol. The Morgan fingerprint density at radius 2 is 1.73 bits per heavy atom. The minimum absolute atomic E-state index is 0.0329. The second kappa shape index (κ2) is 4.49. The largest absolute Gasteiger partial charge is 0.378 e. The average Bonchev–Trinajstić information content (AvgIpc) is 2.30. The normalized spacial score (nSPS) is 26.3. The van der Waals surface area contributed by atoms with Crippen LogP contribution in [-0.4, -0.2) is 42.6 Å². The van der Waals surface area contributed by atoms with Gasteiger partial charge in [0.2, 0.25) is 5.91 Å². The first-order chi connectivity index (χ1) is 7.22. The van der Waals surface area contributed by atoms with Crippen molar-refractivity contribution in [2.24, 2.45) is 0 Å². The zero-order valence-electron chi connectivity index (χ0n) is 9.13. The van der Waals surface area contributed by atoms with Crippen molar-refractivity contribution in [3.8, 4) is 0 Å². The number of rotatable bonds is 1. The van der Waals surface area contributed by atoms with Crippen LogP contribution in [0, 0.1) is 0 Å². The molecule has 1 saturated heterocycles. The van der Waals surface area contributed by atoms with Crippen LogP contribution in [0.25, 0.3) is 0 Å².